The first-order chi connectivity index (χ1) is 17.9. The number of unbranched alkanes of at least 4 members (excludes halogenated alkanes) is 1. The summed E-state index contributed by atoms with van der Waals surface area (Å²) in [5, 5.41) is 0. The summed E-state index contributed by atoms with van der Waals surface area (Å²) < 4.78 is 18.5. The molecule has 0 radical (unpaired) electrons. The Morgan fingerprint density at radius 1 is 0.692 bits per heavy atom. The van der Waals surface area contributed by atoms with E-state index in [0.29, 0.717) is 17.9 Å². The van der Waals surface area contributed by atoms with Crippen molar-refractivity contribution in [3.05, 3.63) is 59.7 Å². The molecule has 0 spiro atoms. The lowest BCUT2D eigenvalue weighted by Crippen LogP contribution is -3.00. The molecule has 2 rings (SSSR count). The molecule has 4 nitrogen and oxygen atoms in total. The van der Waals surface area contributed by atoms with Gasteiger partial charge in [-0.2, -0.15) is 0 Å². The second-order valence-electron chi connectivity index (χ2n) is 13.0. The van der Waals surface area contributed by atoms with Crippen molar-refractivity contribution >= 4 is 11.6 Å². The van der Waals surface area contributed by atoms with E-state index in [1.54, 1.807) is 0 Å². The van der Waals surface area contributed by atoms with E-state index in [-0.39, 0.29) is 22.4 Å². The summed E-state index contributed by atoms with van der Waals surface area (Å²) in [5.74, 6) is 2.56. The molecule has 0 heterocycles. The monoisotopic (exact) mass is 625 g/mol. The summed E-state index contributed by atoms with van der Waals surface area (Å²) in [5.41, 5.74) is 3.15. The number of rotatable bonds is 18. The minimum absolute atomic E-state index is 0. The fourth-order valence-corrected chi connectivity index (χ4v) is 5.32. The van der Waals surface area contributed by atoms with E-state index in [4.69, 9.17) is 25.8 Å². The van der Waals surface area contributed by atoms with Gasteiger partial charge in [0.05, 0.1) is 40.5 Å². The average Bonchev–Trinajstić information content (AvgIpc) is 2.83. The molecule has 0 saturated heterocycles. The number of ether oxygens (including phenoxy) is 3. The number of hydrogen-bond acceptors (Lipinski definition) is 3. The molecule has 2 aromatic carbocycles. The molecule has 2 aromatic rings. The fraction of sp³-hybridized carbons (Fsp3) is 0.636. The van der Waals surface area contributed by atoms with Crippen LogP contribution in [0.25, 0.3) is 0 Å². The van der Waals surface area contributed by atoms with E-state index in [2.05, 4.69) is 97.2 Å². The molecular formula is C33H53BrClNO3. The van der Waals surface area contributed by atoms with Crippen molar-refractivity contribution in [2.45, 2.75) is 78.7 Å². The summed E-state index contributed by atoms with van der Waals surface area (Å²) >= 11 is 5.72. The molecule has 222 valence electrons. The van der Waals surface area contributed by atoms with Gasteiger partial charge >= 0.3 is 0 Å². The number of alkyl halides is 1. The number of quaternary nitrogens is 1. The summed E-state index contributed by atoms with van der Waals surface area (Å²) in [6, 6.07) is 17.1. The maximum atomic E-state index is 5.95. The quantitative estimate of drug-likeness (QED) is 0.129. The smallest absolute Gasteiger partial charge is 0.119 e. The van der Waals surface area contributed by atoms with Crippen molar-refractivity contribution in [1.82, 2.24) is 0 Å². The first-order valence-electron chi connectivity index (χ1n) is 14.3. The highest BCUT2D eigenvalue weighted by atomic mass is 79.9. The third-order valence-electron chi connectivity index (χ3n) is 6.69. The molecule has 0 saturated carbocycles. The predicted molar refractivity (Wildman–Crippen MR) is 162 cm³/mol. The molecule has 0 aromatic heterocycles. The summed E-state index contributed by atoms with van der Waals surface area (Å²) in [6.07, 6.45) is 5.08. The topological polar surface area (TPSA) is 27.7 Å². The van der Waals surface area contributed by atoms with E-state index in [9.17, 15) is 0 Å². The van der Waals surface area contributed by atoms with E-state index in [1.807, 2.05) is 0 Å². The highest BCUT2D eigenvalue weighted by molar-refractivity contribution is 6.17. The molecule has 0 bridgehead atoms. The molecule has 0 N–H and O–H groups in total. The molecule has 39 heavy (non-hydrogen) atoms. The van der Waals surface area contributed by atoms with Gasteiger partial charge in [-0.25, -0.2) is 0 Å². The summed E-state index contributed by atoms with van der Waals surface area (Å²) in [4.78, 5) is 0. The molecule has 6 heteroatoms. The van der Waals surface area contributed by atoms with Gasteiger partial charge in [0.25, 0.3) is 0 Å². The normalized spacial score (nSPS) is 12.2. The van der Waals surface area contributed by atoms with Crippen molar-refractivity contribution in [2.75, 3.05) is 52.9 Å². The lowest BCUT2D eigenvalue weighted by atomic mass is 9.72. The van der Waals surface area contributed by atoms with Crippen molar-refractivity contribution < 1.29 is 35.7 Å². The Morgan fingerprint density at radius 3 is 1.79 bits per heavy atom. The maximum absolute atomic E-state index is 5.95. The first kappa shape index (κ1) is 35.8. The molecule has 0 atom stereocenters. The average molecular weight is 627 g/mol. The Kier molecular flexibility index (Phi) is 16.1. The van der Waals surface area contributed by atoms with Gasteiger partial charge in [0.2, 0.25) is 0 Å². The minimum atomic E-state index is 0. The van der Waals surface area contributed by atoms with Gasteiger partial charge in [-0.3, -0.25) is 0 Å². The van der Waals surface area contributed by atoms with Gasteiger partial charge < -0.3 is 35.7 Å². The van der Waals surface area contributed by atoms with Crippen LogP contribution in [0.3, 0.4) is 0 Å². The van der Waals surface area contributed by atoms with Gasteiger partial charge in [0.1, 0.15) is 18.0 Å². The van der Waals surface area contributed by atoms with Crippen LogP contribution in [0.1, 0.15) is 77.8 Å². The Hall–Kier alpha value is -1.27. The SMILES string of the molecule is CC(C)(C)CC(C)(C)c1ccc(OCCCOCCC[N+](C)(C)Cc2ccc(OCCCCCl)cc2)cc1.[Br-]. The van der Waals surface area contributed by atoms with E-state index in [0.717, 1.165) is 81.0 Å². The minimum Gasteiger partial charge on any atom is -1.00 e. The van der Waals surface area contributed by atoms with Crippen LogP contribution in [0.15, 0.2) is 48.5 Å². The zero-order valence-corrected chi connectivity index (χ0v) is 27.9. The first-order valence-corrected chi connectivity index (χ1v) is 14.8. The third kappa shape index (κ3) is 15.3. The van der Waals surface area contributed by atoms with Crippen molar-refractivity contribution in [3.8, 4) is 11.5 Å². The summed E-state index contributed by atoms with van der Waals surface area (Å²) in [6.45, 7) is 16.5. The Labute approximate surface area is 254 Å². The van der Waals surface area contributed by atoms with Crippen LogP contribution < -0.4 is 26.5 Å². The van der Waals surface area contributed by atoms with Crippen molar-refractivity contribution in [2.24, 2.45) is 5.41 Å². The van der Waals surface area contributed by atoms with Crippen LogP contribution in [-0.4, -0.2) is 57.4 Å². The Morgan fingerprint density at radius 2 is 1.23 bits per heavy atom. The van der Waals surface area contributed by atoms with Gasteiger partial charge in [0, 0.05) is 30.9 Å². The molecule has 0 aliphatic rings. The zero-order chi connectivity index (χ0) is 28.1. The van der Waals surface area contributed by atoms with Crippen LogP contribution in [0, 0.1) is 5.41 Å². The molecule has 0 fully saturated rings. The van der Waals surface area contributed by atoms with Crippen LogP contribution in [-0.2, 0) is 16.7 Å². The molecular weight excluding hydrogens is 574 g/mol. The van der Waals surface area contributed by atoms with E-state index in [1.165, 1.54) is 11.1 Å². The third-order valence-corrected chi connectivity index (χ3v) is 6.96. The van der Waals surface area contributed by atoms with E-state index < -0.39 is 0 Å². The number of hydrogen-bond donors (Lipinski definition) is 0. The second-order valence-corrected chi connectivity index (χ2v) is 13.4. The molecule has 0 aliphatic heterocycles. The second kappa shape index (κ2) is 17.5. The van der Waals surface area contributed by atoms with Crippen LogP contribution >= 0.6 is 11.6 Å². The summed E-state index contributed by atoms with van der Waals surface area (Å²) in [7, 11) is 4.56. The number of benzene rings is 2. The number of halogens is 2. The zero-order valence-electron chi connectivity index (χ0n) is 25.5. The fourth-order valence-electron chi connectivity index (χ4n) is 5.13. The van der Waals surface area contributed by atoms with Gasteiger partial charge in [-0.1, -0.05) is 46.8 Å². The van der Waals surface area contributed by atoms with E-state index >= 15 is 0 Å². The van der Waals surface area contributed by atoms with Crippen molar-refractivity contribution in [3.63, 3.8) is 0 Å². The Balaban J connectivity index is 0.00000760. The predicted octanol–water partition coefficient (Wildman–Crippen LogP) is 5.25. The van der Waals surface area contributed by atoms with Gasteiger partial charge in [-0.15, -0.1) is 11.6 Å². The molecule has 0 amide bonds. The maximum Gasteiger partial charge on any atom is 0.119 e. The standard InChI is InChI=1S/C33H53ClNO3.BrH/c1-32(2,3)27-33(4,5)29-14-18-31(19-15-29)38-25-11-23-36-22-10-21-35(6,7)26-28-12-16-30(17-13-28)37-24-9-8-20-34;/h12-19H,8-11,20-27H2,1-7H3;1H/q+1;/p-1. The lowest BCUT2D eigenvalue weighted by Gasteiger charge is -2.33. The highest BCUT2D eigenvalue weighted by Gasteiger charge is 2.27. The van der Waals surface area contributed by atoms with Crippen LogP contribution in [0.2, 0.25) is 0 Å². The largest absolute Gasteiger partial charge is 1.00 e. The van der Waals surface area contributed by atoms with Crippen LogP contribution in [0.5, 0.6) is 11.5 Å². The highest BCUT2D eigenvalue weighted by Crippen LogP contribution is 2.36. The molecule has 0 unspecified atom stereocenters. The lowest BCUT2D eigenvalue weighted by molar-refractivity contribution is -0.903. The van der Waals surface area contributed by atoms with Gasteiger partial charge in [0.15, 0.2) is 0 Å². The Bertz CT molecular complexity index is 908. The number of nitrogens with zero attached hydrogens (tertiary/aromatic N) is 1. The van der Waals surface area contributed by atoms with Gasteiger partial charge in [-0.05, 0) is 72.1 Å². The van der Waals surface area contributed by atoms with Crippen molar-refractivity contribution in [1.29, 1.82) is 0 Å². The van der Waals surface area contributed by atoms with Crippen LogP contribution in [0.4, 0.5) is 0 Å². The molecule has 0 aliphatic carbocycles.